The highest BCUT2D eigenvalue weighted by atomic mass is 16.3. The topological polar surface area (TPSA) is 20.2 Å². The van der Waals surface area contributed by atoms with Crippen LogP contribution in [0.25, 0.3) is 0 Å². The molecule has 2 atom stereocenters. The lowest BCUT2D eigenvalue weighted by Crippen LogP contribution is -2.40. The van der Waals surface area contributed by atoms with Crippen molar-refractivity contribution in [1.29, 1.82) is 0 Å². The van der Waals surface area contributed by atoms with Crippen LogP contribution in [0, 0.1) is 5.41 Å². The van der Waals surface area contributed by atoms with Crippen molar-refractivity contribution >= 4 is 0 Å². The molecule has 0 aliphatic heterocycles. The smallest absolute Gasteiger partial charge is 0.0631 e. The van der Waals surface area contributed by atoms with Gasteiger partial charge in [0.05, 0.1) is 6.10 Å². The fraction of sp³-hybridized carbons (Fsp3) is 0.714. The van der Waals surface area contributed by atoms with E-state index in [-0.39, 0.29) is 11.5 Å². The van der Waals surface area contributed by atoms with Crippen LogP contribution in [0.5, 0.6) is 0 Å². The highest BCUT2D eigenvalue weighted by molar-refractivity contribution is 5.41. The minimum absolute atomic E-state index is 0.0782. The van der Waals surface area contributed by atoms with Crippen LogP contribution in [-0.2, 0) is 0 Å². The molecule has 0 saturated heterocycles. The maximum absolute atomic E-state index is 10.2. The van der Waals surface area contributed by atoms with Crippen LogP contribution in [0.15, 0.2) is 22.8 Å². The Morgan fingerprint density at radius 3 is 2.80 bits per heavy atom. The molecule has 0 heterocycles. The van der Waals surface area contributed by atoms with Gasteiger partial charge in [0, 0.05) is 5.41 Å². The normalized spacial score (nSPS) is 39.5. The molecule has 2 aliphatic carbocycles. The Kier molecular flexibility index (Phi) is 2.76. The first kappa shape index (κ1) is 10.9. The molecule has 15 heavy (non-hydrogen) atoms. The molecule has 2 aliphatic rings. The summed E-state index contributed by atoms with van der Waals surface area (Å²) in [5, 5.41) is 10.2. The number of allylic oxidation sites excluding steroid dienone is 3. The zero-order chi connectivity index (χ0) is 11.1. The second-order valence-corrected chi connectivity index (χ2v) is 5.24. The van der Waals surface area contributed by atoms with E-state index >= 15 is 0 Å². The van der Waals surface area contributed by atoms with Crippen LogP contribution in [0.4, 0.5) is 0 Å². The Labute approximate surface area is 92.9 Å². The first-order valence-electron chi connectivity index (χ1n) is 6.13. The van der Waals surface area contributed by atoms with Crippen molar-refractivity contribution in [2.45, 2.75) is 59.0 Å². The molecule has 1 nitrogen and oxygen atoms in total. The van der Waals surface area contributed by atoms with Crippen molar-refractivity contribution < 1.29 is 5.11 Å². The minimum Gasteiger partial charge on any atom is -0.392 e. The Bertz CT molecular complexity index is 324. The average molecular weight is 206 g/mol. The summed E-state index contributed by atoms with van der Waals surface area (Å²) in [6, 6.07) is 0. The molecule has 0 spiro atoms. The molecule has 0 aromatic carbocycles. The third-order valence-corrected chi connectivity index (χ3v) is 4.53. The highest BCUT2D eigenvalue weighted by Gasteiger charge is 2.42. The van der Waals surface area contributed by atoms with Gasteiger partial charge >= 0.3 is 0 Å². The number of aliphatic hydroxyl groups is 1. The van der Waals surface area contributed by atoms with Gasteiger partial charge in [-0.3, -0.25) is 0 Å². The van der Waals surface area contributed by atoms with Crippen molar-refractivity contribution in [2.75, 3.05) is 0 Å². The van der Waals surface area contributed by atoms with E-state index in [4.69, 9.17) is 0 Å². The summed E-state index contributed by atoms with van der Waals surface area (Å²) in [5.74, 6) is 0. The van der Waals surface area contributed by atoms with Crippen LogP contribution in [0.3, 0.4) is 0 Å². The van der Waals surface area contributed by atoms with Crippen molar-refractivity contribution in [3.63, 3.8) is 0 Å². The fourth-order valence-corrected chi connectivity index (χ4v) is 3.35. The Morgan fingerprint density at radius 1 is 1.40 bits per heavy atom. The third-order valence-electron chi connectivity index (χ3n) is 4.53. The summed E-state index contributed by atoms with van der Waals surface area (Å²) >= 11 is 0. The van der Waals surface area contributed by atoms with Crippen molar-refractivity contribution in [1.82, 2.24) is 0 Å². The van der Waals surface area contributed by atoms with E-state index in [0.29, 0.717) is 0 Å². The molecule has 0 bridgehead atoms. The van der Waals surface area contributed by atoms with E-state index in [1.165, 1.54) is 23.1 Å². The van der Waals surface area contributed by atoms with E-state index in [2.05, 4.69) is 26.8 Å². The van der Waals surface area contributed by atoms with Gasteiger partial charge in [-0.05, 0) is 57.1 Å². The van der Waals surface area contributed by atoms with E-state index < -0.39 is 0 Å². The van der Waals surface area contributed by atoms with Gasteiger partial charge in [-0.2, -0.15) is 0 Å². The van der Waals surface area contributed by atoms with Gasteiger partial charge in [0.15, 0.2) is 0 Å². The Hall–Kier alpha value is -0.560. The summed E-state index contributed by atoms with van der Waals surface area (Å²) in [6.07, 6.45) is 7.72. The van der Waals surface area contributed by atoms with Gasteiger partial charge < -0.3 is 5.11 Å². The fourth-order valence-electron chi connectivity index (χ4n) is 3.35. The van der Waals surface area contributed by atoms with E-state index in [1.807, 2.05) is 0 Å². The van der Waals surface area contributed by atoms with Gasteiger partial charge in [0.2, 0.25) is 0 Å². The summed E-state index contributed by atoms with van der Waals surface area (Å²) in [6.45, 7) is 6.61. The van der Waals surface area contributed by atoms with Gasteiger partial charge in [-0.25, -0.2) is 0 Å². The SMILES string of the molecule is CC=C1CC[C@@]2(C)C(=C1C)CCC[C@@H]2O. The lowest BCUT2D eigenvalue weighted by molar-refractivity contribution is 0.0278. The lowest BCUT2D eigenvalue weighted by atomic mass is 9.61. The first-order chi connectivity index (χ1) is 7.09. The molecule has 0 amide bonds. The molecule has 1 N–H and O–H groups in total. The second-order valence-electron chi connectivity index (χ2n) is 5.24. The molecule has 0 aromatic heterocycles. The summed E-state index contributed by atoms with van der Waals surface area (Å²) in [7, 11) is 0. The molecule has 0 radical (unpaired) electrons. The molecule has 1 heteroatoms. The number of hydrogen-bond donors (Lipinski definition) is 1. The van der Waals surface area contributed by atoms with Gasteiger partial charge in [0.1, 0.15) is 0 Å². The van der Waals surface area contributed by atoms with Crippen LogP contribution in [0.1, 0.15) is 52.9 Å². The standard InChI is InChI=1S/C14H22O/c1-4-11-8-9-14(3)12(10(11)2)6-5-7-13(14)15/h4,13,15H,5-9H2,1-3H3/t13-,14-/m0/s1. The minimum atomic E-state index is -0.116. The quantitative estimate of drug-likeness (QED) is 0.642. The van der Waals surface area contributed by atoms with Gasteiger partial charge in [-0.1, -0.05) is 18.6 Å². The molecular formula is C14H22O. The largest absolute Gasteiger partial charge is 0.392 e. The zero-order valence-corrected chi connectivity index (χ0v) is 10.1. The summed E-state index contributed by atoms with van der Waals surface area (Å²) in [5.41, 5.74) is 4.57. The van der Waals surface area contributed by atoms with E-state index in [0.717, 1.165) is 25.7 Å². The monoisotopic (exact) mass is 206 g/mol. The number of hydrogen-bond acceptors (Lipinski definition) is 1. The Balaban J connectivity index is 2.45. The van der Waals surface area contributed by atoms with Crippen LogP contribution >= 0.6 is 0 Å². The second kappa shape index (κ2) is 3.79. The molecule has 1 fully saturated rings. The van der Waals surface area contributed by atoms with Gasteiger partial charge in [-0.15, -0.1) is 0 Å². The number of fused-ring (bicyclic) bond motifs is 1. The van der Waals surface area contributed by atoms with Crippen LogP contribution in [0.2, 0.25) is 0 Å². The highest BCUT2D eigenvalue weighted by Crippen LogP contribution is 2.50. The predicted molar refractivity (Wildman–Crippen MR) is 63.7 cm³/mol. The number of rotatable bonds is 0. The van der Waals surface area contributed by atoms with Crippen LogP contribution in [-0.4, -0.2) is 11.2 Å². The van der Waals surface area contributed by atoms with E-state index in [9.17, 15) is 5.11 Å². The maximum Gasteiger partial charge on any atom is 0.0631 e. The molecule has 84 valence electrons. The summed E-state index contributed by atoms with van der Waals surface area (Å²) < 4.78 is 0. The van der Waals surface area contributed by atoms with Crippen molar-refractivity contribution in [2.24, 2.45) is 5.41 Å². The Morgan fingerprint density at radius 2 is 2.13 bits per heavy atom. The van der Waals surface area contributed by atoms with Crippen LogP contribution < -0.4 is 0 Å². The first-order valence-corrected chi connectivity index (χ1v) is 6.13. The zero-order valence-electron chi connectivity index (χ0n) is 10.1. The van der Waals surface area contributed by atoms with Crippen molar-refractivity contribution in [3.05, 3.63) is 22.8 Å². The maximum atomic E-state index is 10.2. The molecule has 1 saturated carbocycles. The third kappa shape index (κ3) is 1.57. The average Bonchev–Trinajstić information content (AvgIpc) is 2.22. The molecule has 0 unspecified atom stereocenters. The molecule has 0 aromatic rings. The lowest BCUT2D eigenvalue weighted by Gasteiger charge is -2.45. The molecular weight excluding hydrogens is 184 g/mol. The van der Waals surface area contributed by atoms with E-state index in [1.54, 1.807) is 0 Å². The predicted octanol–water partition coefficient (Wildman–Crippen LogP) is 3.59. The molecule has 2 rings (SSSR count). The van der Waals surface area contributed by atoms with Crippen molar-refractivity contribution in [3.8, 4) is 0 Å². The number of aliphatic hydroxyl groups excluding tert-OH is 1. The summed E-state index contributed by atoms with van der Waals surface area (Å²) in [4.78, 5) is 0. The van der Waals surface area contributed by atoms with Gasteiger partial charge in [0.25, 0.3) is 0 Å².